The summed E-state index contributed by atoms with van der Waals surface area (Å²) in [6.45, 7) is 5.05. The van der Waals surface area contributed by atoms with E-state index in [-0.39, 0.29) is 6.03 Å². The minimum atomic E-state index is -0.754. The van der Waals surface area contributed by atoms with Gasteiger partial charge < -0.3 is 25.0 Å². The monoisotopic (exact) mass is 287 g/mol. The van der Waals surface area contributed by atoms with E-state index in [0.717, 1.165) is 0 Å². The van der Waals surface area contributed by atoms with E-state index in [9.17, 15) is 14.4 Å². The highest BCUT2D eigenvalue weighted by Crippen LogP contribution is 1.98. The fourth-order valence-corrected chi connectivity index (χ4v) is 1.68. The Morgan fingerprint density at radius 1 is 1.10 bits per heavy atom. The van der Waals surface area contributed by atoms with Crippen LogP contribution < -0.4 is 10.6 Å². The van der Waals surface area contributed by atoms with Gasteiger partial charge >= 0.3 is 12.0 Å². The highest BCUT2D eigenvalue weighted by Gasteiger charge is 2.24. The number of hydrogen-bond donors (Lipinski definition) is 2. The zero-order valence-corrected chi connectivity index (χ0v) is 12.0. The maximum absolute atomic E-state index is 11.9. The average Bonchev–Trinajstić information content (AvgIpc) is 2.46. The van der Waals surface area contributed by atoms with E-state index in [0.29, 0.717) is 26.3 Å². The second-order valence-electron chi connectivity index (χ2n) is 4.52. The summed E-state index contributed by atoms with van der Waals surface area (Å²) in [5.41, 5.74) is 0. The molecule has 0 aromatic rings. The molecule has 1 saturated heterocycles. The Hall–Kier alpha value is -1.83. The summed E-state index contributed by atoms with van der Waals surface area (Å²) in [5, 5.41) is 5.05. The third-order valence-corrected chi connectivity index (χ3v) is 2.95. The lowest BCUT2D eigenvalue weighted by Gasteiger charge is -2.28. The molecule has 0 saturated carbocycles. The van der Waals surface area contributed by atoms with Crippen LogP contribution in [0.1, 0.15) is 13.8 Å². The Morgan fingerprint density at radius 3 is 2.25 bits per heavy atom. The molecular formula is C12H21N3O5. The Balaban J connectivity index is 2.40. The number of urea groups is 1. The molecule has 3 amide bonds. The van der Waals surface area contributed by atoms with Crippen LogP contribution in [0.15, 0.2) is 0 Å². The average molecular weight is 287 g/mol. The van der Waals surface area contributed by atoms with E-state index < -0.39 is 24.0 Å². The molecule has 1 fully saturated rings. The lowest BCUT2D eigenvalue weighted by atomic mass is 10.2. The van der Waals surface area contributed by atoms with Gasteiger partial charge in [-0.1, -0.05) is 0 Å². The van der Waals surface area contributed by atoms with Gasteiger partial charge in [0.05, 0.1) is 20.3 Å². The lowest BCUT2D eigenvalue weighted by Crippen LogP contribution is -2.54. The number of rotatable bonds is 4. The second kappa shape index (κ2) is 7.68. The molecule has 2 atom stereocenters. The van der Waals surface area contributed by atoms with Gasteiger partial charge in [0, 0.05) is 13.1 Å². The number of morpholine rings is 1. The second-order valence-corrected chi connectivity index (χ2v) is 4.52. The zero-order valence-electron chi connectivity index (χ0n) is 12.0. The minimum Gasteiger partial charge on any atom is -0.467 e. The summed E-state index contributed by atoms with van der Waals surface area (Å²) >= 11 is 0. The molecule has 0 aliphatic carbocycles. The van der Waals surface area contributed by atoms with E-state index >= 15 is 0 Å². The normalized spacial score (nSPS) is 17.9. The summed E-state index contributed by atoms with van der Waals surface area (Å²) in [6, 6.07) is -1.81. The number of ether oxygens (including phenoxy) is 2. The first-order valence-electron chi connectivity index (χ1n) is 6.47. The van der Waals surface area contributed by atoms with Crippen molar-refractivity contribution in [2.75, 3.05) is 33.4 Å². The minimum absolute atomic E-state index is 0.318. The van der Waals surface area contributed by atoms with E-state index in [1.165, 1.54) is 14.0 Å². The van der Waals surface area contributed by atoms with Crippen molar-refractivity contribution in [1.82, 2.24) is 15.5 Å². The largest absolute Gasteiger partial charge is 0.467 e. The Morgan fingerprint density at radius 2 is 1.70 bits per heavy atom. The van der Waals surface area contributed by atoms with Crippen molar-refractivity contribution in [2.45, 2.75) is 25.9 Å². The summed E-state index contributed by atoms with van der Waals surface area (Å²) in [6.07, 6.45) is 0. The molecule has 1 aliphatic rings. The zero-order chi connectivity index (χ0) is 15.1. The summed E-state index contributed by atoms with van der Waals surface area (Å²) in [5.74, 6) is -0.977. The molecule has 0 aromatic carbocycles. The van der Waals surface area contributed by atoms with Crippen molar-refractivity contribution in [3.8, 4) is 0 Å². The lowest BCUT2D eigenvalue weighted by molar-refractivity contribution is -0.144. The number of amides is 3. The van der Waals surface area contributed by atoms with Crippen LogP contribution in [0.4, 0.5) is 4.79 Å². The van der Waals surface area contributed by atoms with Gasteiger partial charge in [-0.05, 0) is 13.8 Å². The molecule has 2 N–H and O–H groups in total. The number of carbonyl (C=O) groups is 3. The molecule has 8 heteroatoms. The maximum Gasteiger partial charge on any atom is 0.328 e. The van der Waals surface area contributed by atoms with Gasteiger partial charge in [0.2, 0.25) is 5.91 Å². The first kappa shape index (κ1) is 16.2. The third-order valence-electron chi connectivity index (χ3n) is 2.95. The van der Waals surface area contributed by atoms with Gasteiger partial charge in [-0.3, -0.25) is 4.79 Å². The number of methoxy groups -OCH3 is 1. The molecule has 1 aliphatic heterocycles. The van der Waals surface area contributed by atoms with Crippen LogP contribution in [0.25, 0.3) is 0 Å². The van der Waals surface area contributed by atoms with E-state index in [1.807, 2.05) is 0 Å². The number of esters is 1. The van der Waals surface area contributed by atoms with Crippen LogP contribution in [0.3, 0.4) is 0 Å². The van der Waals surface area contributed by atoms with Gasteiger partial charge in [-0.15, -0.1) is 0 Å². The summed E-state index contributed by atoms with van der Waals surface area (Å²) < 4.78 is 9.65. The molecule has 114 valence electrons. The fourth-order valence-electron chi connectivity index (χ4n) is 1.68. The smallest absolute Gasteiger partial charge is 0.328 e. The van der Waals surface area contributed by atoms with Gasteiger partial charge in [-0.2, -0.15) is 0 Å². The van der Waals surface area contributed by atoms with Crippen molar-refractivity contribution in [2.24, 2.45) is 0 Å². The molecular weight excluding hydrogens is 266 g/mol. The Kier molecular flexibility index (Phi) is 6.23. The van der Waals surface area contributed by atoms with Crippen molar-refractivity contribution < 1.29 is 23.9 Å². The SMILES string of the molecule is COC(=O)[C@H](C)NC(=O)[C@H](C)NC(=O)N1CCOCC1. The van der Waals surface area contributed by atoms with Crippen LogP contribution in [0, 0.1) is 0 Å². The first-order valence-corrected chi connectivity index (χ1v) is 6.47. The molecule has 0 unspecified atom stereocenters. The van der Waals surface area contributed by atoms with Gasteiger partial charge in [-0.25, -0.2) is 9.59 Å². The molecule has 0 spiro atoms. The van der Waals surface area contributed by atoms with Crippen molar-refractivity contribution >= 4 is 17.9 Å². The topological polar surface area (TPSA) is 97.0 Å². The molecule has 1 heterocycles. The van der Waals surface area contributed by atoms with E-state index in [4.69, 9.17) is 4.74 Å². The van der Waals surface area contributed by atoms with Crippen LogP contribution in [0.5, 0.6) is 0 Å². The Labute approximate surface area is 117 Å². The van der Waals surface area contributed by atoms with Gasteiger partial charge in [0.1, 0.15) is 12.1 Å². The molecule has 0 aromatic heterocycles. The fraction of sp³-hybridized carbons (Fsp3) is 0.750. The quantitative estimate of drug-likeness (QED) is 0.653. The van der Waals surface area contributed by atoms with Crippen LogP contribution in [0.2, 0.25) is 0 Å². The van der Waals surface area contributed by atoms with Crippen molar-refractivity contribution in [3.63, 3.8) is 0 Å². The van der Waals surface area contributed by atoms with Crippen LogP contribution >= 0.6 is 0 Å². The summed E-state index contributed by atoms with van der Waals surface area (Å²) in [4.78, 5) is 36.5. The highest BCUT2D eigenvalue weighted by atomic mass is 16.5. The van der Waals surface area contributed by atoms with Crippen LogP contribution in [-0.2, 0) is 19.1 Å². The van der Waals surface area contributed by atoms with E-state index in [1.54, 1.807) is 11.8 Å². The molecule has 1 rings (SSSR count). The first-order chi connectivity index (χ1) is 9.45. The van der Waals surface area contributed by atoms with E-state index in [2.05, 4.69) is 15.4 Å². The number of nitrogens with zero attached hydrogens (tertiary/aromatic N) is 1. The number of nitrogens with one attached hydrogen (secondary N) is 2. The summed E-state index contributed by atoms with van der Waals surface area (Å²) in [7, 11) is 1.24. The molecule has 20 heavy (non-hydrogen) atoms. The number of hydrogen-bond acceptors (Lipinski definition) is 5. The highest BCUT2D eigenvalue weighted by molar-refractivity contribution is 5.89. The predicted octanol–water partition coefficient (Wildman–Crippen LogP) is -0.906. The predicted molar refractivity (Wildman–Crippen MR) is 70.0 cm³/mol. The molecule has 0 radical (unpaired) electrons. The molecule has 8 nitrogen and oxygen atoms in total. The van der Waals surface area contributed by atoms with Gasteiger partial charge in [0.25, 0.3) is 0 Å². The van der Waals surface area contributed by atoms with Crippen LogP contribution in [-0.4, -0.2) is 68.3 Å². The standard InChI is InChI=1S/C12H21N3O5/c1-8(10(16)13-9(2)11(17)19-3)14-12(18)15-4-6-20-7-5-15/h8-9H,4-7H2,1-3H3,(H,13,16)(H,14,18)/t8-,9-/m0/s1. The third kappa shape index (κ3) is 4.69. The maximum atomic E-state index is 11.9. The van der Waals surface area contributed by atoms with Gasteiger partial charge in [0.15, 0.2) is 0 Å². The van der Waals surface area contributed by atoms with Crippen molar-refractivity contribution in [3.05, 3.63) is 0 Å². The Bertz CT molecular complexity index is 368. The number of carbonyl (C=O) groups excluding carboxylic acids is 3. The molecule has 0 bridgehead atoms. The van der Waals surface area contributed by atoms with Crippen molar-refractivity contribution in [1.29, 1.82) is 0 Å².